The van der Waals surface area contributed by atoms with Gasteiger partial charge in [0.25, 0.3) is 0 Å². The summed E-state index contributed by atoms with van der Waals surface area (Å²) in [7, 11) is -0.433. The molecule has 2 aromatic carbocycles. The van der Waals surface area contributed by atoms with E-state index in [1.165, 1.54) is 15.9 Å². The smallest absolute Gasteiger partial charge is 0 e. The molecule has 2 aromatic rings. The Balaban J connectivity index is 0.00000133. The molecule has 1 aliphatic carbocycles. The van der Waals surface area contributed by atoms with Crippen molar-refractivity contribution in [2.24, 2.45) is 0 Å². The summed E-state index contributed by atoms with van der Waals surface area (Å²) in [4.78, 5) is 0. The quantitative estimate of drug-likeness (QED) is 0.460. The second-order valence-corrected chi connectivity index (χ2v) is 6.36. The van der Waals surface area contributed by atoms with E-state index >= 15 is 0 Å². The molecular weight excluding hydrogens is 291 g/mol. The Kier molecular flexibility index (Phi) is 5.16. The number of benzene rings is 2. The molecule has 0 N–H and O–H groups in total. The molecule has 1 aliphatic rings. The van der Waals surface area contributed by atoms with Gasteiger partial charge in [0.1, 0.15) is 0 Å². The Morgan fingerprint density at radius 1 is 0.789 bits per heavy atom. The Bertz CT molecular complexity index is 533. The third-order valence-corrected chi connectivity index (χ3v) is 5.36. The van der Waals surface area contributed by atoms with Crippen LogP contribution in [0, 0.1) is 6.08 Å². The predicted molar refractivity (Wildman–Crippen MR) is 79.6 cm³/mol. The van der Waals surface area contributed by atoms with Gasteiger partial charge in [0.15, 0.2) is 0 Å². The maximum absolute atomic E-state index is 3.49. The molecule has 0 fully saturated rings. The Morgan fingerprint density at radius 2 is 1.32 bits per heavy atom. The maximum atomic E-state index is 3.49. The molecule has 0 aliphatic heterocycles. The SMILES string of the molecule is [C-]1=C(P(c2ccccc2)c2ccccc2)C=CC1.[Fe]. The van der Waals surface area contributed by atoms with Crippen LogP contribution >= 0.6 is 7.92 Å². The first-order chi connectivity index (χ1) is 8.95. The van der Waals surface area contributed by atoms with Gasteiger partial charge in [0, 0.05) is 17.1 Å². The maximum Gasteiger partial charge on any atom is 0 e. The largest absolute Gasteiger partial charge is 0.264 e. The van der Waals surface area contributed by atoms with E-state index in [0.29, 0.717) is 0 Å². The average molecular weight is 305 g/mol. The summed E-state index contributed by atoms with van der Waals surface area (Å²) >= 11 is 0. The number of allylic oxidation sites excluding steroid dienone is 4. The molecule has 0 saturated carbocycles. The van der Waals surface area contributed by atoms with E-state index in [0.717, 1.165) is 6.42 Å². The van der Waals surface area contributed by atoms with Crippen LogP contribution in [0.5, 0.6) is 0 Å². The van der Waals surface area contributed by atoms with Gasteiger partial charge in [0.2, 0.25) is 0 Å². The van der Waals surface area contributed by atoms with Crippen molar-refractivity contribution >= 4 is 18.5 Å². The predicted octanol–water partition coefficient (Wildman–Crippen LogP) is 3.76. The second kappa shape index (κ2) is 6.87. The molecule has 0 aromatic heterocycles. The number of hydrogen-bond acceptors (Lipinski definition) is 0. The van der Waals surface area contributed by atoms with Gasteiger partial charge < -0.3 is 0 Å². The van der Waals surface area contributed by atoms with E-state index in [9.17, 15) is 0 Å². The van der Waals surface area contributed by atoms with Crippen molar-refractivity contribution in [1.82, 2.24) is 0 Å². The van der Waals surface area contributed by atoms with Crippen LogP contribution in [-0.4, -0.2) is 0 Å². The minimum atomic E-state index is -0.433. The molecule has 2 heteroatoms. The van der Waals surface area contributed by atoms with Crippen LogP contribution in [0.1, 0.15) is 6.42 Å². The number of rotatable bonds is 3. The fourth-order valence-electron chi connectivity index (χ4n) is 2.13. The van der Waals surface area contributed by atoms with Crippen LogP contribution in [0.15, 0.2) is 78.1 Å². The molecule has 0 atom stereocenters. The van der Waals surface area contributed by atoms with Gasteiger partial charge in [-0.1, -0.05) is 68.6 Å². The van der Waals surface area contributed by atoms with E-state index in [1.807, 2.05) is 0 Å². The summed E-state index contributed by atoms with van der Waals surface area (Å²) in [6.07, 6.45) is 8.86. The standard InChI is InChI=1S/C17H14P.Fe/c1-3-9-15(10-4-1)18(17-13-7-8-14-17)16-11-5-2-6-12-16;/h1-7,9-13H,8H2;/q-1;. The van der Waals surface area contributed by atoms with Crippen molar-refractivity contribution in [1.29, 1.82) is 0 Å². The average Bonchev–Trinajstić information content (AvgIpc) is 2.95. The van der Waals surface area contributed by atoms with Crippen molar-refractivity contribution in [3.63, 3.8) is 0 Å². The molecule has 3 rings (SSSR count). The van der Waals surface area contributed by atoms with Crippen LogP contribution in [0.3, 0.4) is 0 Å². The summed E-state index contributed by atoms with van der Waals surface area (Å²) in [5, 5.41) is 4.14. The zero-order chi connectivity index (χ0) is 12.2. The van der Waals surface area contributed by atoms with Crippen LogP contribution in [0.4, 0.5) is 0 Å². The zero-order valence-electron chi connectivity index (χ0n) is 10.4. The van der Waals surface area contributed by atoms with Crippen molar-refractivity contribution in [3.8, 4) is 0 Å². The Labute approximate surface area is 126 Å². The topological polar surface area (TPSA) is 0 Å². The molecule has 0 heterocycles. The Hall–Kier alpha value is -1.13. The Morgan fingerprint density at radius 3 is 1.74 bits per heavy atom. The van der Waals surface area contributed by atoms with Crippen molar-refractivity contribution in [3.05, 3.63) is 84.2 Å². The molecule has 0 nitrogen and oxygen atoms in total. The number of hydrogen-bond donors (Lipinski definition) is 0. The molecule has 0 saturated heterocycles. The van der Waals surface area contributed by atoms with Crippen molar-refractivity contribution < 1.29 is 17.1 Å². The van der Waals surface area contributed by atoms with Crippen LogP contribution in [0.2, 0.25) is 0 Å². The minimum absolute atomic E-state index is 0. The van der Waals surface area contributed by atoms with Crippen LogP contribution < -0.4 is 10.6 Å². The molecule has 0 amide bonds. The summed E-state index contributed by atoms with van der Waals surface area (Å²) in [5.41, 5.74) is 0. The van der Waals surface area contributed by atoms with E-state index < -0.39 is 7.92 Å². The van der Waals surface area contributed by atoms with Gasteiger partial charge in [0.05, 0.1) is 0 Å². The molecule has 0 unspecified atom stereocenters. The molecule has 0 radical (unpaired) electrons. The molecule has 0 bridgehead atoms. The summed E-state index contributed by atoms with van der Waals surface area (Å²) in [5.74, 6) is 0. The van der Waals surface area contributed by atoms with Crippen LogP contribution in [0.25, 0.3) is 0 Å². The van der Waals surface area contributed by atoms with Gasteiger partial charge in [-0.05, 0) is 10.6 Å². The van der Waals surface area contributed by atoms with Crippen molar-refractivity contribution in [2.75, 3.05) is 0 Å². The molecule has 0 spiro atoms. The van der Waals surface area contributed by atoms with E-state index in [2.05, 4.69) is 78.9 Å². The minimum Gasteiger partial charge on any atom is -0.264 e. The normalized spacial score (nSPS) is 13.2. The monoisotopic (exact) mass is 305 g/mol. The summed E-state index contributed by atoms with van der Waals surface area (Å²) in [6.45, 7) is 0. The van der Waals surface area contributed by atoms with Gasteiger partial charge in [-0.15, -0.1) is 6.42 Å². The van der Waals surface area contributed by atoms with Crippen LogP contribution in [-0.2, 0) is 17.1 Å². The molecular formula is C17H14FeP-. The van der Waals surface area contributed by atoms with Crippen molar-refractivity contribution in [2.45, 2.75) is 6.42 Å². The second-order valence-electron chi connectivity index (χ2n) is 4.18. The van der Waals surface area contributed by atoms with Gasteiger partial charge in [-0.3, -0.25) is 6.08 Å². The fraction of sp³-hybridized carbons (Fsp3) is 0.0588. The van der Waals surface area contributed by atoms with Gasteiger partial charge in [-0.2, -0.15) is 11.4 Å². The third kappa shape index (κ3) is 3.25. The first-order valence-corrected chi connectivity index (χ1v) is 7.47. The van der Waals surface area contributed by atoms with Gasteiger partial charge in [-0.25, -0.2) is 6.08 Å². The zero-order valence-corrected chi connectivity index (χ0v) is 12.4. The molecule has 96 valence electrons. The van der Waals surface area contributed by atoms with Gasteiger partial charge >= 0.3 is 0 Å². The first-order valence-electron chi connectivity index (χ1n) is 6.13. The van der Waals surface area contributed by atoms with E-state index in [1.54, 1.807) is 0 Å². The first kappa shape index (κ1) is 14.3. The molecule has 19 heavy (non-hydrogen) atoms. The van der Waals surface area contributed by atoms with E-state index in [-0.39, 0.29) is 17.1 Å². The summed E-state index contributed by atoms with van der Waals surface area (Å²) in [6, 6.07) is 21.5. The van der Waals surface area contributed by atoms with E-state index in [4.69, 9.17) is 0 Å². The summed E-state index contributed by atoms with van der Waals surface area (Å²) < 4.78 is 0. The third-order valence-electron chi connectivity index (χ3n) is 2.95. The fourth-order valence-corrected chi connectivity index (χ4v) is 4.43.